The van der Waals surface area contributed by atoms with Gasteiger partial charge in [-0.15, -0.1) is 0 Å². The minimum absolute atomic E-state index is 0.321. The Morgan fingerprint density at radius 2 is 2.06 bits per heavy atom. The molecule has 0 aromatic heterocycles. The molecule has 0 spiro atoms. The maximum absolute atomic E-state index is 11.0. The second kappa shape index (κ2) is 6.27. The summed E-state index contributed by atoms with van der Waals surface area (Å²) in [4.78, 5) is 11.0. The number of carbonyl (C=O) groups excluding carboxylic acids is 1. The molecule has 1 amide bonds. The van der Waals surface area contributed by atoms with Crippen LogP contribution in [0.15, 0.2) is 0 Å². The molecule has 4 N–H and O–H groups in total. The van der Waals surface area contributed by atoms with E-state index in [4.69, 9.17) is 14.6 Å². The molecule has 1 rings (SSSR count). The number of hydrogen-bond donors (Lipinski definition) is 4. The molecule has 1 fully saturated rings. The van der Waals surface area contributed by atoms with Crippen molar-refractivity contribution in [3.8, 4) is 0 Å². The SMILES string of the molecule is CCO[C@H]1O[C@H](CO)[C@H](O)[C@H](O)[C@@H]1NC(C)=O. The van der Waals surface area contributed by atoms with Gasteiger partial charge in [0.05, 0.1) is 6.61 Å². The minimum atomic E-state index is -1.27. The molecule has 0 radical (unpaired) electrons. The molecule has 17 heavy (non-hydrogen) atoms. The molecule has 1 aliphatic heterocycles. The van der Waals surface area contributed by atoms with E-state index in [9.17, 15) is 15.0 Å². The van der Waals surface area contributed by atoms with Gasteiger partial charge in [-0.05, 0) is 6.92 Å². The smallest absolute Gasteiger partial charge is 0.217 e. The molecule has 0 bridgehead atoms. The minimum Gasteiger partial charge on any atom is -0.394 e. The number of carbonyl (C=O) groups is 1. The monoisotopic (exact) mass is 249 g/mol. The first-order valence-corrected chi connectivity index (χ1v) is 5.52. The Bertz CT molecular complexity index is 261. The molecule has 0 saturated carbocycles. The van der Waals surface area contributed by atoms with Crippen molar-refractivity contribution in [3.05, 3.63) is 0 Å². The van der Waals surface area contributed by atoms with Crippen molar-refractivity contribution in [2.45, 2.75) is 44.5 Å². The Labute approximate surface area is 99.3 Å². The molecule has 7 nitrogen and oxygen atoms in total. The first-order chi connectivity index (χ1) is 8.01. The van der Waals surface area contributed by atoms with Crippen molar-refractivity contribution >= 4 is 5.91 Å². The summed E-state index contributed by atoms with van der Waals surface area (Å²) in [5.41, 5.74) is 0. The Morgan fingerprint density at radius 1 is 1.41 bits per heavy atom. The molecule has 0 aliphatic carbocycles. The quantitative estimate of drug-likeness (QED) is 0.457. The van der Waals surface area contributed by atoms with Crippen molar-refractivity contribution in [2.75, 3.05) is 13.2 Å². The van der Waals surface area contributed by atoms with Gasteiger partial charge >= 0.3 is 0 Å². The number of ether oxygens (including phenoxy) is 2. The van der Waals surface area contributed by atoms with Crippen molar-refractivity contribution < 1.29 is 29.6 Å². The molecule has 1 aliphatic rings. The van der Waals surface area contributed by atoms with E-state index in [0.717, 1.165) is 0 Å². The van der Waals surface area contributed by atoms with E-state index < -0.39 is 37.3 Å². The standard InChI is InChI=1S/C10H19NO6/c1-3-16-10-7(11-5(2)13)9(15)8(14)6(4-12)17-10/h6-10,12,14-15H,3-4H2,1-2H3,(H,11,13)/t6-,7+,8+,9-,10+/m1/s1. The van der Waals surface area contributed by atoms with Crippen LogP contribution in [0.2, 0.25) is 0 Å². The number of hydrogen-bond acceptors (Lipinski definition) is 6. The normalized spacial score (nSPS) is 37.8. The number of aliphatic hydroxyl groups is 3. The summed E-state index contributed by atoms with van der Waals surface area (Å²) in [7, 11) is 0. The molecule has 0 unspecified atom stereocenters. The number of nitrogens with one attached hydrogen (secondary N) is 1. The molecule has 5 atom stereocenters. The molecule has 100 valence electrons. The summed E-state index contributed by atoms with van der Waals surface area (Å²) in [5, 5.41) is 31.0. The lowest BCUT2D eigenvalue weighted by Gasteiger charge is -2.42. The average molecular weight is 249 g/mol. The summed E-state index contributed by atoms with van der Waals surface area (Å²) in [6, 6.07) is -0.856. The maximum Gasteiger partial charge on any atom is 0.217 e. The number of rotatable bonds is 4. The van der Waals surface area contributed by atoms with Crippen LogP contribution in [0.5, 0.6) is 0 Å². The van der Waals surface area contributed by atoms with Gasteiger partial charge in [0, 0.05) is 13.5 Å². The van der Waals surface area contributed by atoms with Gasteiger partial charge in [-0.3, -0.25) is 4.79 Å². The fraction of sp³-hybridized carbons (Fsp3) is 0.900. The number of aliphatic hydroxyl groups excluding tert-OH is 3. The maximum atomic E-state index is 11.0. The van der Waals surface area contributed by atoms with Crippen molar-refractivity contribution in [2.24, 2.45) is 0 Å². The van der Waals surface area contributed by atoms with E-state index in [2.05, 4.69) is 5.32 Å². The topological polar surface area (TPSA) is 108 Å². The van der Waals surface area contributed by atoms with Gasteiger partial charge in [-0.25, -0.2) is 0 Å². The molecule has 0 aromatic rings. The van der Waals surface area contributed by atoms with Gasteiger partial charge < -0.3 is 30.1 Å². The Hall–Kier alpha value is -0.730. The van der Waals surface area contributed by atoms with Gasteiger partial charge in [-0.1, -0.05) is 0 Å². The Kier molecular flexibility index (Phi) is 5.29. The van der Waals surface area contributed by atoms with Gasteiger partial charge in [0.1, 0.15) is 24.4 Å². The zero-order valence-corrected chi connectivity index (χ0v) is 9.87. The van der Waals surface area contributed by atoms with E-state index in [1.807, 2.05) is 0 Å². The van der Waals surface area contributed by atoms with E-state index in [1.165, 1.54) is 6.92 Å². The van der Waals surface area contributed by atoms with Crippen LogP contribution in [0.4, 0.5) is 0 Å². The van der Waals surface area contributed by atoms with Crippen LogP contribution in [-0.2, 0) is 14.3 Å². The zero-order chi connectivity index (χ0) is 13.0. The third-order valence-electron chi connectivity index (χ3n) is 2.58. The fourth-order valence-electron chi connectivity index (χ4n) is 1.78. The lowest BCUT2D eigenvalue weighted by molar-refractivity contribution is -0.268. The molecule has 0 aromatic carbocycles. The highest BCUT2D eigenvalue weighted by molar-refractivity contribution is 5.73. The highest BCUT2D eigenvalue weighted by atomic mass is 16.7. The summed E-state index contributed by atoms with van der Waals surface area (Å²) in [5.74, 6) is -0.364. The summed E-state index contributed by atoms with van der Waals surface area (Å²) >= 11 is 0. The van der Waals surface area contributed by atoms with Crippen LogP contribution in [-0.4, -0.2) is 65.1 Å². The van der Waals surface area contributed by atoms with E-state index in [1.54, 1.807) is 6.92 Å². The van der Waals surface area contributed by atoms with E-state index >= 15 is 0 Å². The first kappa shape index (κ1) is 14.3. The van der Waals surface area contributed by atoms with Gasteiger partial charge in [0.25, 0.3) is 0 Å². The highest BCUT2D eigenvalue weighted by Gasteiger charge is 2.45. The molecule has 1 saturated heterocycles. The predicted octanol–water partition coefficient (Wildman–Crippen LogP) is -2.03. The Morgan fingerprint density at radius 3 is 2.53 bits per heavy atom. The van der Waals surface area contributed by atoms with Crippen molar-refractivity contribution in [1.82, 2.24) is 5.32 Å². The third-order valence-corrected chi connectivity index (χ3v) is 2.58. The lowest BCUT2D eigenvalue weighted by Crippen LogP contribution is -2.64. The Balaban J connectivity index is 2.78. The molecular formula is C10H19NO6. The van der Waals surface area contributed by atoms with Crippen molar-refractivity contribution in [1.29, 1.82) is 0 Å². The van der Waals surface area contributed by atoms with Gasteiger partial charge in [0.2, 0.25) is 5.91 Å². The van der Waals surface area contributed by atoms with Crippen LogP contribution in [0.3, 0.4) is 0 Å². The molecular weight excluding hydrogens is 230 g/mol. The summed E-state index contributed by atoms with van der Waals surface area (Å²) in [6.07, 6.45) is -4.33. The van der Waals surface area contributed by atoms with Crippen LogP contribution < -0.4 is 5.32 Å². The van der Waals surface area contributed by atoms with Crippen LogP contribution in [0.25, 0.3) is 0 Å². The molecule has 7 heteroatoms. The third kappa shape index (κ3) is 3.36. The van der Waals surface area contributed by atoms with E-state index in [0.29, 0.717) is 6.61 Å². The zero-order valence-electron chi connectivity index (χ0n) is 9.87. The van der Waals surface area contributed by atoms with Gasteiger partial charge in [0.15, 0.2) is 6.29 Å². The second-order valence-corrected chi connectivity index (χ2v) is 3.89. The van der Waals surface area contributed by atoms with Crippen LogP contribution in [0, 0.1) is 0 Å². The highest BCUT2D eigenvalue weighted by Crippen LogP contribution is 2.21. The second-order valence-electron chi connectivity index (χ2n) is 3.89. The van der Waals surface area contributed by atoms with Crippen LogP contribution in [0.1, 0.15) is 13.8 Å². The lowest BCUT2D eigenvalue weighted by atomic mass is 9.97. The first-order valence-electron chi connectivity index (χ1n) is 5.52. The van der Waals surface area contributed by atoms with Crippen molar-refractivity contribution in [3.63, 3.8) is 0 Å². The fourth-order valence-corrected chi connectivity index (χ4v) is 1.78. The van der Waals surface area contributed by atoms with Gasteiger partial charge in [-0.2, -0.15) is 0 Å². The van der Waals surface area contributed by atoms with Crippen LogP contribution >= 0.6 is 0 Å². The number of amides is 1. The average Bonchev–Trinajstić information content (AvgIpc) is 2.28. The summed E-state index contributed by atoms with van der Waals surface area (Å²) < 4.78 is 10.5. The molecule has 1 heterocycles. The largest absolute Gasteiger partial charge is 0.394 e. The predicted molar refractivity (Wildman–Crippen MR) is 57.0 cm³/mol. The van der Waals surface area contributed by atoms with E-state index in [-0.39, 0.29) is 5.91 Å². The summed E-state index contributed by atoms with van der Waals surface area (Å²) in [6.45, 7) is 2.91.